The van der Waals surface area contributed by atoms with E-state index in [9.17, 15) is 0 Å². The molecule has 0 heterocycles. The van der Waals surface area contributed by atoms with Gasteiger partial charge in [-0.05, 0) is 6.92 Å². The standard InChI is InChI=1S/C2H6O.H3O4P.Zn/c1-2-3;1-5(2,3)4;/h3H,2H2,1H3;(H3,1,2,3,4);. The molecule has 5 nitrogen and oxygen atoms in total. The Balaban J connectivity index is -0.0000000800. The van der Waals surface area contributed by atoms with Gasteiger partial charge in [0.05, 0.1) is 0 Å². The fraction of sp³-hybridized carbons (Fsp3) is 1.00. The van der Waals surface area contributed by atoms with Crippen LogP contribution in [0.25, 0.3) is 0 Å². The van der Waals surface area contributed by atoms with Gasteiger partial charge in [0.1, 0.15) is 0 Å². The van der Waals surface area contributed by atoms with Crippen LogP contribution in [0, 0.1) is 0 Å². The van der Waals surface area contributed by atoms with Crippen LogP contribution in [0.2, 0.25) is 0 Å². The maximum atomic E-state index is 8.88. The van der Waals surface area contributed by atoms with Crippen molar-refractivity contribution in [1.29, 1.82) is 0 Å². The third-order valence-electron chi connectivity index (χ3n) is 0. The molecule has 0 amide bonds. The van der Waals surface area contributed by atoms with E-state index < -0.39 is 7.82 Å². The van der Waals surface area contributed by atoms with Crippen molar-refractivity contribution in [1.82, 2.24) is 0 Å². The average Bonchev–Trinajstić information content (AvgIpc) is 1.27. The minimum atomic E-state index is -4.64. The van der Waals surface area contributed by atoms with Gasteiger partial charge in [-0.3, -0.25) is 0 Å². The van der Waals surface area contributed by atoms with E-state index in [2.05, 4.69) is 0 Å². The quantitative estimate of drug-likeness (QED) is 0.305. The smallest absolute Gasteiger partial charge is 0.397 e. The Morgan fingerprint density at radius 1 is 1.33 bits per heavy atom. The molecule has 0 radical (unpaired) electrons. The molecule has 0 unspecified atom stereocenters. The van der Waals surface area contributed by atoms with Crippen molar-refractivity contribution in [2.45, 2.75) is 6.92 Å². The van der Waals surface area contributed by atoms with Crippen molar-refractivity contribution in [3.05, 3.63) is 0 Å². The van der Waals surface area contributed by atoms with Gasteiger partial charge in [-0.1, -0.05) is 0 Å². The molecule has 4 N–H and O–H groups in total. The predicted molar refractivity (Wildman–Crippen MR) is 27.0 cm³/mol. The van der Waals surface area contributed by atoms with Gasteiger partial charge in [0.15, 0.2) is 0 Å². The molecule has 0 aromatic heterocycles. The van der Waals surface area contributed by atoms with Crippen molar-refractivity contribution in [3.63, 3.8) is 0 Å². The van der Waals surface area contributed by atoms with Crippen LogP contribution in [0.4, 0.5) is 0 Å². The Hall–Kier alpha value is 0.693. The molecule has 0 saturated carbocycles. The minimum Gasteiger partial charge on any atom is -0.397 e. The summed E-state index contributed by atoms with van der Waals surface area (Å²) in [5, 5.41) is 7.57. The summed E-state index contributed by atoms with van der Waals surface area (Å²) >= 11 is 0. The largest absolute Gasteiger partial charge is 0.466 e. The Kier molecular flexibility index (Phi) is 15.8. The van der Waals surface area contributed by atoms with Crippen molar-refractivity contribution >= 4 is 7.82 Å². The Labute approximate surface area is 65.7 Å². The normalized spacial score (nSPS) is 8.56. The molecule has 7 heteroatoms. The molecular weight excluding hydrogens is 200 g/mol. The molecule has 0 aliphatic heterocycles. The zero-order valence-electron chi connectivity index (χ0n) is 5.06. The van der Waals surface area contributed by atoms with Gasteiger partial charge < -0.3 is 19.8 Å². The first kappa shape index (κ1) is 16.4. The third-order valence-corrected chi connectivity index (χ3v) is 0. The maximum Gasteiger partial charge on any atom is 0.466 e. The predicted octanol–water partition coefficient (Wildman–Crippen LogP) is -0.933. The first-order chi connectivity index (χ1) is 3.41. The van der Waals surface area contributed by atoms with Gasteiger partial charge in [-0.2, -0.15) is 0 Å². The number of hydrogen-bond acceptors (Lipinski definition) is 2. The minimum absolute atomic E-state index is 0. The van der Waals surface area contributed by atoms with E-state index in [0.29, 0.717) is 0 Å². The van der Waals surface area contributed by atoms with Crippen LogP contribution in [-0.2, 0) is 24.0 Å². The van der Waals surface area contributed by atoms with Crippen molar-refractivity contribution in [2.75, 3.05) is 6.61 Å². The summed E-state index contributed by atoms with van der Waals surface area (Å²) in [6.07, 6.45) is 0. The van der Waals surface area contributed by atoms with Crippen LogP contribution in [0.3, 0.4) is 0 Å². The molecular formula is C2H9O5PZn. The summed E-state index contributed by atoms with van der Waals surface area (Å²) in [6.45, 7) is 1.93. The van der Waals surface area contributed by atoms with Crippen LogP contribution in [0.1, 0.15) is 6.92 Å². The molecule has 0 bridgehead atoms. The first-order valence-electron chi connectivity index (χ1n) is 1.81. The summed E-state index contributed by atoms with van der Waals surface area (Å²) in [7, 11) is -4.64. The maximum absolute atomic E-state index is 8.88. The average molecular weight is 209 g/mol. The van der Waals surface area contributed by atoms with Gasteiger partial charge in [0.25, 0.3) is 0 Å². The van der Waals surface area contributed by atoms with Crippen LogP contribution in [0.15, 0.2) is 0 Å². The number of hydrogen-bond donors (Lipinski definition) is 4. The Bertz CT molecular complexity index is 70.8. The second-order valence-corrected chi connectivity index (χ2v) is 1.86. The van der Waals surface area contributed by atoms with E-state index in [4.69, 9.17) is 24.4 Å². The molecule has 0 aromatic rings. The van der Waals surface area contributed by atoms with Gasteiger partial charge >= 0.3 is 7.82 Å². The van der Waals surface area contributed by atoms with E-state index in [-0.39, 0.29) is 26.1 Å². The monoisotopic (exact) mass is 208 g/mol. The molecule has 9 heavy (non-hydrogen) atoms. The molecule has 0 atom stereocenters. The molecule has 54 valence electrons. The zero-order chi connectivity index (χ0) is 7.21. The third kappa shape index (κ3) is 810. The Morgan fingerprint density at radius 3 is 1.33 bits per heavy atom. The molecule has 0 rings (SSSR count). The molecule has 0 aliphatic carbocycles. The van der Waals surface area contributed by atoms with E-state index in [1.54, 1.807) is 6.92 Å². The number of aliphatic hydroxyl groups is 1. The van der Waals surface area contributed by atoms with E-state index in [0.717, 1.165) is 0 Å². The van der Waals surface area contributed by atoms with Crippen molar-refractivity contribution in [2.24, 2.45) is 0 Å². The van der Waals surface area contributed by atoms with Crippen LogP contribution >= 0.6 is 7.82 Å². The van der Waals surface area contributed by atoms with Crippen LogP contribution in [0.5, 0.6) is 0 Å². The van der Waals surface area contributed by atoms with Crippen LogP contribution < -0.4 is 0 Å². The summed E-state index contributed by atoms with van der Waals surface area (Å²) in [5.74, 6) is 0. The summed E-state index contributed by atoms with van der Waals surface area (Å²) in [4.78, 5) is 21.6. The molecule has 0 spiro atoms. The fourth-order valence-electron chi connectivity index (χ4n) is 0. The zero-order valence-corrected chi connectivity index (χ0v) is 8.92. The van der Waals surface area contributed by atoms with Gasteiger partial charge in [-0.15, -0.1) is 0 Å². The van der Waals surface area contributed by atoms with Crippen molar-refractivity contribution < 1.29 is 43.8 Å². The van der Waals surface area contributed by atoms with Crippen LogP contribution in [-0.4, -0.2) is 26.4 Å². The Morgan fingerprint density at radius 2 is 1.33 bits per heavy atom. The van der Waals surface area contributed by atoms with Crippen molar-refractivity contribution in [3.8, 4) is 0 Å². The van der Waals surface area contributed by atoms with E-state index in [1.807, 2.05) is 0 Å². The summed E-state index contributed by atoms with van der Waals surface area (Å²) in [6, 6.07) is 0. The van der Waals surface area contributed by atoms with E-state index >= 15 is 0 Å². The molecule has 0 saturated heterocycles. The summed E-state index contributed by atoms with van der Waals surface area (Å²) in [5.41, 5.74) is 0. The molecule has 0 fully saturated rings. The van der Waals surface area contributed by atoms with Gasteiger partial charge in [0, 0.05) is 26.1 Å². The van der Waals surface area contributed by atoms with Gasteiger partial charge in [-0.25, -0.2) is 4.57 Å². The SMILES string of the molecule is CCO.O=P(O)(O)O.[Zn]. The van der Waals surface area contributed by atoms with Gasteiger partial charge in [0.2, 0.25) is 0 Å². The topological polar surface area (TPSA) is 98.0 Å². The molecule has 0 aliphatic rings. The number of rotatable bonds is 0. The fourth-order valence-corrected chi connectivity index (χ4v) is 0. The van der Waals surface area contributed by atoms with E-state index in [1.165, 1.54) is 0 Å². The second-order valence-electron chi connectivity index (χ2n) is 0.830. The number of aliphatic hydroxyl groups excluding tert-OH is 1. The number of phosphoric acid groups is 1. The second kappa shape index (κ2) is 8.69. The summed E-state index contributed by atoms with van der Waals surface area (Å²) < 4.78 is 8.88. The molecule has 0 aromatic carbocycles. The first-order valence-corrected chi connectivity index (χ1v) is 3.37.